The Morgan fingerprint density at radius 1 is 1.06 bits per heavy atom. The van der Waals surface area contributed by atoms with Gasteiger partial charge < -0.3 is 14.2 Å². The van der Waals surface area contributed by atoms with E-state index in [1.807, 2.05) is 6.08 Å². The van der Waals surface area contributed by atoms with Crippen molar-refractivity contribution in [2.24, 2.45) is 40.4 Å². The number of Topliss-reactive ketones (excluding diaryl/α,β-unsaturated/α-hetero) is 1. The second-order valence-corrected chi connectivity index (χ2v) is 12.3. The van der Waals surface area contributed by atoms with Gasteiger partial charge >= 0.3 is 11.9 Å². The van der Waals surface area contributed by atoms with Crippen LogP contribution in [-0.4, -0.2) is 48.4 Å². The maximum Gasteiger partial charge on any atom is 0.305 e. The number of ether oxygens (including phenoxy) is 3. The van der Waals surface area contributed by atoms with Crippen molar-refractivity contribution in [2.45, 2.75) is 91.3 Å². The molecule has 0 radical (unpaired) electrons. The molecular formula is C29H40O7. The summed E-state index contributed by atoms with van der Waals surface area (Å²) in [4.78, 5) is 49.8. The summed E-state index contributed by atoms with van der Waals surface area (Å²) in [5.41, 5.74) is 0.466. The largest absolute Gasteiger partial charge is 0.465 e. The highest BCUT2D eigenvalue weighted by molar-refractivity contribution is 5.92. The van der Waals surface area contributed by atoms with E-state index in [1.54, 1.807) is 13.8 Å². The van der Waals surface area contributed by atoms with Crippen LogP contribution in [0.25, 0.3) is 0 Å². The molecule has 1 aliphatic heterocycles. The first-order valence-electron chi connectivity index (χ1n) is 13.8. The summed E-state index contributed by atoms with van der Waals surface area (Å²) in [5, 5.41) is 0. The van der Waals surface area contributed by atoms with Gasteiger partial charge in [-0.05, 0) is 54.9 Å². The summed E-state index contributed by atoms with van der Waals surface area (Å²) < 4.78 is 17.5. The number of carbonyl (C=O) groups excluding carboxylic acids is 4. The molecule has 3 saturated carbocycles. The summed E-state index contributed by atoms with van der Waals surface area (Å²) in [6.07, 6.45) is 6.30. The molecule has 0 aromatic rings. The van der Waals surface area contributed by atoms with Gasteiger partial charge in [0.1, 0.15) is 12.2 Å². The Morgan fingerprint density at radius 3 is 2.44 bits per heavy atom. The first kappa shape index (κ1) is 25.6. The fourth-order valence-electron chi connectivity index (χ4n) is 9.03. The Morgan fingerprint density at radius 2 is 1.75 bits per heavy atom. The van der Waals surface area contributed by atoms with Crippen LogP contribution in [0.2, 0.25) is 0 Å². The number of hydrogen-bond acceptors (Lipinski definition) is 7. The lowest BCUT2D eigenvalue weighted by molar-refractivity contribution is -0.152. The predicted octanol–water partition coefficient (Wildman–Crippen LogP) is 4.21. The summed E-state index contributed by atoms with van der Waals surface area (Å²) >= 11 is 0. The van der Waals surface area contributed by atoms with Crippen molar-refractivity contribution >= 4 is 23.5 Å². The van der Waals surface area contributed by atoms with Gasteiger partial charge in [-0.2, -0.15) is 0 Å². The molecule has 5 rings (SSSR count). The molecule has 0 aromatic carbocycles. The molecule has 1 heterocycles. The van der Waals surface area contributed by atoms with Crippen molar-refractivity contribution in [3.05, 3.63) is 11.6 Å². The average Bonchev–Trinajstić information content (AvgIpc) is 3.49. The summed E-state index contributed by atoms with van der Waals surface area (Å²) in [7, 11) is 0. The number of fused-ring (bicyclic) bond motifs is 3. The van der Waals surface area contributed by atoms with Gasteiger partial charge in [0.2, 0.25) is 0 Å². The molecule has 0 aromatic heterocycles. The normalized spacial score (nSPS) is 44.4. The lowest BCUT2D eigenvalue weighted by Gasteiger charge is -2.57. The molecule has 9 atom stereocenters. The maximum absolute atomic E-state index is 13.6. The zero-order valence-electron chi connectivity index (χ0n) is 22.3. The number of ketones is 2. The highest BCUT2D eigenvalue weighted by atomic mass is 16.6. The first-order valence-corrected chi connectivity index (χ1v) is 13.8. The molecule has 1 unspecified atom stereocenters. The lowest BCUT2D eigenvalue weighted by atomic mass is 9.45. The zero-order chi connectivity index (χ0) is 26.0. The monoisotopic (exact) mass is 500 g/mol. The molecule has 198 valence electrons. The van der Waals surface area contributed by atoms with Crippen molar-refractivity contribution in [3.8, 4) is 0 Å². The average molecular weight is 501 g/mol. The van der Waals surface area contributed by atoms with E-state index in [1.165, 1.54) is 5.57 Å². The minimum Gasteiger partial charge on any atom is -0.465 e. The number of carbonyl (C=O) groups is 4. The summed E-state index contributed by atoms with van der Waals surface area (Å²) in [5.74, 6) is -0.189. The molecule has 36 heavy (non-hydrogen) atoms. The van der Waals surface area contributed by atoms with Gasteiger partial charge in [0.15, 0.2) is 11.6 Å². The lowest BCUT2D eigenvalue weighted by Crippen LogP contribution is -2.59. The molecular weight excluding hydrogens is 460 g/mol. The first-order chi connectivity index (χ1) is 17.0. The van der Waals surface area contributed by atoms with Crippen LogP contribution >= 0.6 is 0 Å². The predicted molar refractivity (Wildman–Crippen MR) is 131 cm³/mol. The van der Waals surface area contributed by atoms with Gasteiger partial charge in [0.05, 0.1) is 12.7 Å². The van der Waals surface area contributed by atoms with E-state index in [9.17, 15) is 19.2 Å². The molecule has 0 N–H and O–H groups in total. The highest BCUT2D eigenvalue weighted by Crippen LogP contribution is 2.77. The Labute approximate surface area is 213 Å². The maximum atomic E-state index is 13.6. The molecule has 4 aliphatic carbocycles. The Kier molecular flexibility index (Phi) is 6.25. The van der Waals surface area contributed by atoms with Crippen LogP contribution in [0.5, 0.6) is 0 Å². The van der Waals surface area contributed by atoms with Crippen LogP contribution in [-0.2, 0) is 33.4 Å². The van der Waals surface area contributed by atoms with Crippen LogP contribution in [0.4, 0.5) is 0 Å². The summed E-state index contributed by atoms with van der Waals surface area (Å²) in [6.45, 7) is 10.2. The zero-order valence-corrected chi connectivity index (χ0v) is 22.3. The minimum atomic E-state index is -0.384. The van der Waals surface area contributed by atoms with Gasteiger partial charge in [0.25, 0.3) is 0 Å². The number of epoxide rings is 1. The van der Waals surface area contributed by atoms with Crippen LogP contribution in [0.3, 0.4) is 0 Å². The third-order valence-corrected chi connectivity index (χ3v) is 10.6. The molecule has 4 fully saturated rings. The van der Waals surface area contributed by atoms with Gasteiger partial charge in [-0.15, -0.1) is 0 Å². The van der Waals surface area contributed by atoms with Crippen molar-refractivity contribution in [1.82, 2.24) is 0 Å². The molecule has 0 amide bonds. The van der Waals surface area contributed by atoms with Crippen LogP contribution < -0.4 is 0 Å². The second-order valence-electron chi connectivity index (χ2n) is 12.3. The Hall–Kier alpha value is -2.02. The van der Waals surface area contributed by atoms with E-state index in [2.05, 4.69) is 20.8 Å². The Balaban J connectivity index is 1.48. The van der Waals surface area contributed by atoms with Crippen molar-refractivity contribution in [3.63, 3.8) is 0 Å². The van der Waals surface area contributed by atoms with Gasteiger partial charge in [0, 0.05) is 36.5 Å². The highest BCUT2D eigenvalue weighted by Gasteiger charge is 2.80. The third-order valence-electron chi connectivity index (χ3n) is 10.6. The van der Waals surface area contributed by atoms with Gasteiger partial charge in [-0.25, -0.2) is 0 Å². The molecule has 5 aliphatic rings. The van der Waals surface area contributed by atoms with E-state index in [0.717, 1.165) is 25.7 Å². The smallest absolute Gasteiger partial charge is 0.305 e. The Bertz CT molecular complexity index is 1020. The minimum absolute atomic E-state index is 0.0447. The number of rotatable bonds is 7. The van der Waals surface area contributed by atoms with E-state index < -0.39 is 0 Å². The summed E-state index contributed by atoms with van der Waals surface area (Å²) in [6, 6.07) is 0. The molecule has 1 saturated heterocycles. The van der Waals surface area contributed by atoms with Gasteiger partial charge in [-0.3, -0.25) is 19.2 Å². The van der Waals surface area contributed by atoms with Crippen LogP contribution in [0.15, 0.2) is 11.6 Å². The molecule has 0 bridgehead atoms. The fraction of sp³-hybridized carbons (Fsp3) is 0.793. The molecule has 7 heteroatoms. The molecule has 7 nitrogen and oxygen atoms in total. The van der Waals surface area contributed by atoms with Gasteiger partial charge in [-0.1, -0.05) is 40.2 Å². The van der Waals surface area contributed by atoms with E-state index >= 15 is 0 Å². The van der Waals surface area contributed by atoms with Crippen molar-refractivity contribution < 1.29 is 33.4 Å². The SMILES string of the molecule is CCC(=O)OCC(=O)[C@H]1[C@@H](COC(=O)CC)C[C@H]2[C@@H]3C[C@H](C)C4=CC(=O)CC[C@]4(C)C34O[C@H]4C[C@@]21C. The second kappa shape index (κ2) is 8.78. The quantitative estimate of drug-likeness (QED) is 0.381. The third kappa shape index (κ3) is 3.55. The number of esters is 2. The van der Waals surface area contributed by atoms with Crippen molar-refractivity contribution in [1.29, 1.82) is 0 Å². The van der Waals surface area contributed by atoms with E-state index in [0.29, 0.717) is 12.8 Å². The topological polar surface area (TPSA) is 99.3 Å². The molecule has 1 spiro atoms. The standard InChI is InChI=1S/C29H40O7/c1-6-24(32)34-14-17-11-20-21-10-16(3)19-12-18(30)8-9-28(19,5)29(21)23(36-29)13-27(20,4)26(17)22(31)15-35-25(33)7-2/h12,16-17,20-21,23,26H,6-11,13-15H2,1-5H3/t16-,17+,20-,21-,23-,26+,27-,28-,29?/m0/s1. The van der Waals surface area contributed by atoms with Crippen LogP contribution in [0, 0.1) is 40.4 Å². The van der Waals surface area contributed by atoms with E-state index in [-0.39, 0.29) is 95.3 Å². The number of hydrogen-bond donors (Lipinski definition) is 0. The van der Waals surface area contributed by atoms with Crippen molar-refractivity contribution in [2.75, 3.05) is 13.2 Å². The van der Waals surface area contributed by atoms with Crippen LogP contribution in [0.1, 0.15) is 79.6 Å². The van der Waals surface area contributed by atoms with E-state index in [4.69, 9.17) is 14.2 Å². The fourth-order valence-corrected chi connectivity index (χ4v) is 9.03.